The summed E-state index contributed by atoms with van der Waals surface area (Å²) in [5.74, 6) is 3.36. The third-order valence-electron chi connectivity index (χ3n) is 8.73. The predicted octanol–water partition coefficient (Wildman–Crippen LogP) is 3.68. The Kier molecular flexibility index (Phi) is 4.12. The van der Waals surface area contributed by atoms with Crippen molar-refractivity contribution in [1.29, 1.82) is 0 Å². The molecule has 2 spiro atoms. The van der Waals surface area contributed by atoms with Crippen LogP contribution in [0.25, 0.3) is 0 Å². The lowest BCUT2D eigenvalue weighted by Gasteiger charge is -2.63. The first-order chi connectivity index (χ1) is 16.2. The van der Waals surface area contributed by atoms with Crippen molar-refractivity contribution in [3.63, 3.8) is 0 Å². The predicted molar refractivity (Wildman–Crippen MR) is 114 cm³/mol. The van der Waals surface area contributed by atoms with E-state index in [2.05, 4.69) is 25.4 Å². The van der Waals surface area contributed by atoms with Crippen molar-refractivity contribution in [3.05, 3.63) is 29.1 Å². The average Bonchev–Trinajstić information content (AvgIpc) is 3.19. The number of hydrogen-bond acceptors (Lipinski definition) is 4. The summed E-state index contributed by atoms with van der Waals surface area (Å²) in [5.41, 5.74) is 0.114. The maximum Gasteiger partial charge on any atom is 0.435 e. The number of alkyl halides is 3. The first kappa shape index (κ1) is 20.8. The van der Waals surface area contributed by atoms with Crippen LogP contribution in [0, 0.1) is 16.7 Å². The van der Waals surface area contributed by atoms with Gasteiger partial charge in [-0.25, -0.2) is 9.78 Å². The minimum absolute atomic E-state index is 0.141. The fraction of sp³-hybridized carbons (Fsp3) is 0.739. The molecule has 3 aliphatic carbocycles. The van der Waals surface area contributed by atoms with Gasteiger partial charge in [0.1, 0.15) is 5.82 Å². The Hall–Kier alpha value is -2.59. The van der Waals surface area contributed by atoms with Crippen molar-refractivity contribution in [2.24, 2.45) is 16.7 Å². The van der Waals surface area contributed by atoms with E-state index in [0.29, 0.717) is 29.9 Å². The number of likely N-dealkylation sites (tertiary alicyclic amines) is 2. The van der Waals surface area contributed by atoms with E-state index in [1.807, 2.05) is 9.80 Å². The lowest BCUT2D eigenvalue weighted by molar-refractivity contribution is -0.141. The van der Waals surface area contributed by atoms with Gasteiger partial charge >= 0.3 is 12.2 Å². The van der Waals surface area contributed by atoms with E-state index in [9.17, 15) is 18.0 Å². The molecule has 2 N–H and O–H groups in total. The zero-order valence-electron chi connectivity index (χ0n) is 18.9. The average molecular weight is 476 g/mol. The summed E-state index contributed by atoms with van der Waals surface area (Å²) in [4.78, 5) is 21.5. The monoisotopic (exact) mass is 475 g/mol. The number of rotatable bonds is 4. The van der Waals surface area contributed by atoms with Gasteiger partial charge in [0.2, 0.25) is 0 Å². The van der Waals surface area contributed by atoms with Gasteiger partial charge in [0, 0.05) is 54.5 Å². The minimum atomic E-state index is -4.41. The molecule has 34 heavy (non-hydrogen) atoms. The highest BCUT2D eigenvalue weighted by Gasteiger charge is 2.58. The molecule has 0 unspecified atom stereocenters. The maximum atomic E-state index is 12.9. The highest BCUT2D eigenvalue weighted by atomic mass is 19.4. The van der Waals surface area contributed by atoms with Crippen LogP contribution in [-0.2, 0) is 12.6 Å². The number of halogens is 3. The van der Waals surface area contributed by atoms with Crippen molar-refractivity contribution < 1.29 is 18.0 Å². The maximum absolute atomic E-state index is 12.9. The second-order valence-electron chi connectivity index (χ2n) is 11.7. The highest BCUT2D eigenvalue weighted by Crippen LogP contribution is 2.57. The molecule has 0 bridgehead atoms. The van der Waals surface area contributed by atoms with Crippen molar-refractivity contribution in [1.82, 2.24) is 35.2 Å². The number of aromatic nitrogens is 5. The van der Waals surface area contributed by atoms with Crippen LogP contribution in [0.3, 0.4) is 0 Å². The van der Waals surface area contributed by atoms with Gasteiger partial charge in [0.15, 0.2) is 11.5 Å². The molecule has 0 atom stereocenters. The fourth-order valence-corrected chi connectivity index (χ4v) is 6.92. The lowest BCUT2D eigenvalue weighted by Crippen LogP contribution is -2.70. The van der Waals surface area contributed by atoms with Crippen LogP contribution in [0.5, 0.6) is 0 Å². The van der Waals surface area contributed by atoms with Crippen LogP contribution in [0.2, 0.25) is 0 Å². The van der Waals surface area contributed by atoms with Crippen molar-refractivity contribution in [2.75, 3.05) is 26.2 Å². The van der Waals surface area contributed by atoms with Crippen LogP contribution >= 0.6 is 0 Å². The molecular weight excluding hydrogens is 447 g/mol. The van der Waals surface area contributed by atoms with E-state index < -0.39 is 11.9 Å². The van der Waals surface area contributed by atoms with Crippen molar-refractivity contribution >= 4 is 6.03 Å². The Morgan fingerprint density at radius 1 is 0.971 bits per heavy atom. The first-order valence-corrected chi connectivity index (χ1v) is 12.3. The number of urea groups is 1. The van der Waals surface area contributed by atoms with Crippen LogP contribution in [-0.4, -0.2) is 67.4 Å². The molecule has 5 fully saturated rings. The van der Waals surface area contributed by atoms with Crippen molar-refractivity contribution in [3.8, 4) is 0 Å². The van der Waals surface area contributed by atoms with Gasteiger partial charge in [-0.05, 0) is 56.9 Å². The van der Waals surface area contributed by atoms with Crippen LogP contribution in [0.15, 0.2) is 6.07 Å². The summed E-state index contributed by atoms with van der Waals surface area (Å²) in [7, 11) is 0. The summed E-state index contributed by atoms with van der Waals surface area (Å²) in [6.45, 7) is 3.21. The molecule has 4 heterocycles. The third-order valence-corrected chi connectivity index (χ3v) is 8.73. The number of hydrogen-bond donors (Lipinski definition) is 2. The van der Waals surface area contributed by atoms with Crippen LogP contribution < -0.4 is 0 Å². The summed E-state index contributed by atoms with van der Waals surface area (Å²) < 4.78 is 38.1. The number of nitrogens with zero attached hydrogens (tertiary/aromatic N) is 5. The SMILES string of the molecule is O=C(N1CC2(CC(Cc3cc(C(F)(F)F)n[nH]3)C2)C1)N1CC2(CC(c3nc(C4CC4)n[nH]3)C2)C1. The zero-order valence-corrected chi connectivity index (χ0v) is 18.9. The van der Waals surface area contributed by atoms with E-state index >= 15 is 0 Å². The van der Waals surface area contributed by atoms with E-state index in [0.717, 1.165) is 69.6 Å². The largest absolute Gasteiger partial charge is 0.435 e. The quantitative estimate of drug-likeness (QED) is 0.706. The molecule has 182 valence electrons. The Bertz CT molecular complexity index is 1110. The van der Waals surface area contributed by atoms with E-state index in [-0.39, 0.29) is 16.9 Å². The third kappa shape index (κ3) is 3.33. The lowest BCUT2D eigenvalue weighted by atomic mass is 9.56. The van der Waals surface area contributed by atoms with Gasteiger partial charge in [0.05, 0.1) is 0 Å². The number of nitrogens with one attached hydrogen (secondary N) is 2. The van der Waals surface area contributed by atoms with E-state index in [4.69, 9.17) is 0 Å². The van der Waals surface area contributed by atoms with E-state index in [1.54, 1.807) is 0 Å². The molecule has 2 aromatic heterocycles. The topological polar surface area (TPSA) is 93.8 Å². The Balaban J connectivity index is 0.844. The highest BCUT2D eigenvalue weighted by molar-refractivity contribution is 5.77. The van der Waals surface area contributed by atoms with Crippen molar-refractivity contribution in [2.45, 2.75) is 63.0 Å². The molecule has 2 aromatic rings. The van der Waals surface area contributed by atoms with Gasteiger partial charge < -0.3 is 9.80 Å². The van der Waals surface area contributed by atoms with Gasteiger partial charge in [-0.2, -0.15) is 23.4 Å². The molecule has 0 radical (unpaired) electrons. The van der Waals surface area contributed by atoms with Gasteiger partial charge in [-0.15, -0.1) is 0 Å². The zero-order chi connectivity index (χ0) is 23.3. The number of amides is 2. The number of carbonyl (C=O) groups is 1. The van der Waals surface area contributed by atoms with Gasteiger partial charge in [-0.3, -0.25) is 10.2 Å². The molecule has 7 rings (SSSR count). The minimum Gasteiger partial charge on any atom is -0.323 e. The molecule has 8 nitrogen and oxygen atoms in total. The molecule has 5 aliphatic rings. The second kappa shape index (κ2) is 6.75. The molecule has 2 amide bonds. The number of aromatic amines is 2. The summed E-state index contributed by atoms with van der Waals surface area (Å²) in [5, 5.41) is 13.4. The Morgan fingerprint density at radius 3 is 2.21 bits per heavy atom. The molecular formula is C23H28F3N7O. The molecule has 0 aromatic carbocycles. The standard InChI is InChI=1S/C23H28F3N7O/c24-23(25,26)17-4-16(28-29-17)3-13-5-21(6-13)9-32(10-21)20(34)33-11-22(12-33)7-15(8-22)19-27-18(30-31-19)14-1-2-14/h4,13-15H,1-3,5-12H2,(H,28,29)(H,27,30,31). The number of H-pyrrole nitrogens is 2. The Morgan fingerprint density at radius 2 is 1.62 bits per heavy atom. The first-order valence-electron chi connectivity index (χ1n) is 12.3. The molecule has 3 saturated carbocycles. The normalized spacial score (nSPS) is 25.7. The van der Waals surface area contributed by atoms with Crippen LogP contribution in [0.1, 0.15) is 73.4 Å². The van der Waals surface area contributed by atoms with Crippen LogP contribution in [0.4, 0.5) is 18.0 Å². The summed E-state index contributed by atoms with van der Waals surface area (Å²) in [6, 6.07) is 1.25. The molecule has 11 heteroatoms. The smallest absolute Gasteiger partial charge is 0.323 e. The molecule has 2 saturated heterocycles. The fourth-order valence-electron chi connectivity index (χ4n) is 6.92. The molecule has 2 aliphatic heterocycles. The second-order valence-corrected chi connectivity index (χ2v) is 11.7. The summed E-state index contributed by atoms with van der Waals surface area (Å²) >= 11 is 0. The van der Waals surface area contributed by atoms with Gasteiger partial charge in [-0.1, -0.05) is 0 Å². The number of carbonyl (C=O) groups excluding carboxylic acids is 1. The van der Waals surface area contributed by atoms with Gasteiger partial charge in [0.25, 0.3) is 0 Å². The van der Waals surface area contributed by atoms with E-state index in [1.165, 1.54) is 12.8 Å². The summed E-state index contributed by atoms with van der Waals surface area (Å²) in [6.07, 6.45) is 2.66. The Labute approximate surface area is 194 Å².